The Kier molecular flexibility index (Phi) is 17.8. The molecule has 0 aromatic rings. The highest BCUT2D eigenvalue weighted by Crippen LogP contribution is 2.00. The minimum atomic E-state index is -0.857. The van der Waals surface area contributed by atoms with Gasteiger partial charge in [-0.2, -0.15) is 0 Å². The Morgan fingerprint density at radius 3 is 1.48 bits per heavy atom. The van der Waals surface area contributed by atoms with Crippen molar-refractivity contribution >= 4 is 5.91 Å². The molecule has 0 spiro atoms. The lowest BCUT2D eigenvalue weighted by Gasteiger charge is -2.17. The van der Waals surface area contributed by atoms with E-state index in [1.807, 2.05) is 6.08 Å². The molecule has 0 heterocycles. The molecule has 0 saturated carbocycles. The lowest BCUT2D eigenvalue weighted by atomic mass is 10.1. The molecule has 0 aliphatic rings. The topological polar surface area (TPSA) is 49.3 Å². The SMILES string of the molecule is CCC=CCC=CCC=CCC=CCC=CCC=CCCC(=O)NCC(C)(C)O. The van der Waals surface area contributed by atoms with Gasteiger partial charge in [0, 0.05) is 13.0 Å². The predicted molar refractivity (Wildman–Crippen MR) is 127 cm³/mol. The molecular weight excluding hydrogens is 358 g/mol. The van der Waals surface area contributed by atoms with Crippen molar-refractivity contribution in [1.82, 2.24) is 5.32 Å². The Morgan fingerprint density at radius 2 is 1.10 bits per heavy atom. The zero-order valence-electron chi connectivity index (χ0n) is 18.6. The first-order valence-corrected chi connectivity index (χ1v) is 10.8. The van der Waals surface area contributed by atoms with Gasteiger partial charge in [0.2, 0.25) is 5.91 Å². The van der Waals surface area contributed by atoms with Crippen LogP contribution in [0.1, 0.15) is 72.1 Å². The molecule has 0 aliphatic heterocycles. The Morgan fingerprint density at radius 1 is 0.724 bits per heavy atom. The monoisotopic (exact) mass is 399 g/mol. The third-order valence-electron chi connectivity index (χ3n) is 3.85. The molecule has 3 nitrogen and oxygen atoms in total. The third-order valence-corrected chi connectivity index (χ3v) is 3.85. The second-order valence-electron chi connectivity index (χ2n) is 7.54. The minimum Gasteiger partial charge on any atom is -0.389 e. The van der Waals surface area contributed by atoms with Gasteiger partial charge >= 0.3 is 0 Å². The highest BCUT2D eigenvalue weighted by molar-refractivity contribution is 5.76. The van der Waals surface area contributed by atoms with Crippen LogP contribution in [0.3, 0.4) is 0 Å². The van der Waals surface area contributed by atoms with E-state index in [1.165, 1.54) is 0 Å². The van der Waals surface area contributed by atoms with Gasteiger partial charge in [-0.25, -0.2) is 0 Å². The summed E-state index contributed by atoms with van der Waals surface area (Å²) in [6, 6.07) is 0. The van der Waals surface area contributed by atoms with Crippen LogP contribution in [0.2, 0.25) is 0 Å². The van der Waals surface area contributed by atoms with Crippen molar-refractivity contribution in [3.05, 3.63) is 72.9 Å². The molecular formula is C26H41NO2. The molecule has 0 aromatic carbocycles. The Bertz CT molecular complexity index is 572. The van der Waals surface area contributed by atoms with Crippen LogP contribution in [0.4, 0.5) is 0 Å². The minimum absolute atomic E-state index is 0.0216. The maximum absolute atomic E-state index is 11.6. The molecule has 0 aromatic heterocycles. The molecule has 0 atom stereocenters. The summed E-state index contributed by atoms with van der Waals surface area (Å²) < 4.78 is 0. The largest absolute Gasteiger partial charge is 0.389 e. The molecule has 0 radical (unpaired) electrons. The molecule has 0 aliphatic carbocycles. The summed E-state index contributed by atoms with van der Waals surface area (Å²) in [6.07, 6.45) is 33.1. The van der Waals surface area contributed by atoms with E-state index in [1.54, 1.807) is 13.8 Å². The number of amides is 1. The van der Waals surface area contributed by atoms with E-state index >= 15 is 0 Å². The molecule has 0 unspecified atom stereocenters. The fourth-order valence-corrected chi connectivity index (χ4v) is 2.26. The number of aliphatic hydroxyl groups is 1. The molecule has 0 rings (SSSR count). The average Bonchev–Trinajstić information content (AvgIpc) is 2.67. The maximum atomic E-state index is 11.6. The zero-order chi connectivity index (χ0) is 21.6. The van der Waals surface area contributed by atoms with Gasteiger partial charge < -0.3 is 10.4 Å². The second-order valence-corrected chi connectivity index (χ2v) is 7.54. The summed E-state index contributed by atoms with van der Waals surface area (Å²) in [7, 11) is 0. The first-order valence-electron chi connectivity index (χ1n) is 10.8. The number of hydrogen-bond donors (Lipinski definition) is 2. The van der Waals surface area contributed by atoms with Crippen molar-refractivity contribution in [3.8, 4) is 0 Å². The van der Waals surface area contributed by atoms with E-state index < -0.39 is 5.60 Å². The molecule has 2 N–H and O–H groups in total. The smallest absolute Gasteiger partial charge is 0.220 e. The fourth-order valence-electron chi connectivity index (χ4n) is 2.26. The highest BCUT2D eigenvalue weighted by Gasteiger charge is 2.12. The number of allylic oxidation sites excluding steroid dienone is 12. The van der Waals surface area contributed by atoms with Crippen LogP contribution in [-0.2, 0) is 4.79 Å². The van der Waals surface area contributed by atoms with Gasteiger partial charge in [-0.1, -0.05) is 79.8 Å². The van der Waals surface area contributed by atoms with Gasteiger partial charge in [0.25, 0.3) is 0 Å². The van der Waals surface area contributed by atoms with Crippen molar-refractivity contribution in [2.24, 2.45) is 0 Å². The van der Waals surface area contributed by atoms with Gasteiger partial charge in [-0.3, -0.25) is 4.79 Å². The van der Waals surface area contributed by atoms with Crippen LogP contribution in [0.5, 0.6) is 0 Å². The van der Waals surface area contributed by atoms with Gasteiger partial charge in [-0.15, -0.1) is 0 Å². The molecule has 0 saturated heterocycles. The van der Waals surface area contributed by atoms with E-state index in [4.69, 9.17) is 0 Å². The van der Waals surface area contributed by atoms with E-state index in [0.29, 0.717) is 6.42 Å². The van der Waals surface area contributed by atoms with Crippen molar-refractivity contribution in [2.45, 2.75) is 77.7 Å². The van der Waals surface area contributed by atoms with E-state index in [2.05, 4.69) is 79.1 Å². The van der Waals surface area contributed by atoms with E-state index in [-0.39, 0.29) is 12.5 Å². The van der Waals surface area contributed by atoms with Crippen LogP contribution in [0.25, 0.3) is 0 Å². The fraction of sp³-hybridized carbons (Fsp3) is 0.500. The lowest BCUT2D eigenvalue weighted by Crippen LogP contribution is -2.38. The van der Waals surface area contributed by atoms with Crippen molar-refractivity contribution < 1.29 is 9.90 Å². The summed E-state index contributed by atoms with van der Waals surface area (Å²) in [5.74, 6) is -0.0216. The molecule has 29 heavy (non-hydrogen) atoms. The first kappa shape index (κ1) is 26.9. The van der Waals surface area contributed by atoms with Crippen LogP contribution in [-0.4, -0.2) is 23.2 Å². The van der Waals surface area contributed by atoms with Crippen LogP contribution < -0.4 is 5.32 Å². The summed E-state index contributed by atoms with van der Waals surface area (Å²) in [5, 5.41) is 12.3. The Balaban J connectivity index is 3.61. The molecule has 162 valence electrons. The van der Waals surface area contributed by atoms with Gasteiger partial charge in [0.1, 0.15) is 0 Å². The highest BCUT2D eigenvalue weighted by atomic mass is 16.3. The number of carbonyl (C=O) groups is 1. The normalized spacial score (nSPS) is 13.4. The number of hydrogen-bond acceptors (Lipinski definition) is 2. The maximum Gasteiger partial charge on any atom is 0.220 e. The zero-order valence-corrected chi connectivity index (χ0v) is 18.6. The van der Waals surface area contributed by atoms with Crippen LogP contribution in [0, 0.1) is 0 Å². The molecule has 1 amide bonds. The van der Waals surface area contributed by atoms with Crippen LogP contribution in [0.15, 0.2) is 72.9 Å². The second kappa shape index (κ2) is 19.2. The van der Waals surface area contributed by atoms with Gasteiger partial charge in [-0.05, 0) is 58.8 Å². The lowest BCUT2D eigenvalue weighted by molar-refractivity contribution is -0.122. The summed E-state index contributed by atoms with van der Waals surface area (Å²) in [6.45, 7) is 5.80. The van der Waals surface area contributed by atoms with Gasteiger partial charge in [0.15, 0.2) is 0 Å². The molecule has 3 heteroatoms. The van der Waals surface area contributed by atoms with Crippen molar-refractivity contribution in [2.75, 3.05) is 6.54 Å². The average molecular weight is 400 g/mol. The molecule has 0 bridgehead atoms. The summed E-state index contributed by atoms with van der Waals surface area (Å²) >= 11 is 0. The standard InChI is InChI=1S/C26H41NO2/c1-4-5-6-7-8-9-10-11-12-13-14-15-16-17-18-19-20-21-22-23-25(28)27-24-26(2,3)29/h5-6,8-9,11-12,14-15,17-18,20-21,29H,4,7,10,13,16,19,22-24H2,1-3H3,(H,27,28). The van der Waals surface area contributed by atoms with Crippen molar-refractivity contribution in [3.63, 3.8) is 0 Å². The summed E-state index contributed by atoms with van der Waals surface area (Å²) in [4.78, 5) is 11.6. The van der Waals surface area contributed by atoms with Crippen molar-refractivity contribution in [1.29, 1.82) is 0 Å². The summed E-state index contributed by atoms with van der Waals surface area (Å²) in [5.41, 5.74) is -0.857. The van der Waals surface area contributed by atoms with Gasteiger partial charge in [0.05, 0.1) is 5.60 Å². The predicted octanol–water partition coefficient (Wildman–Crippen LogP) is 6.35. The Hall–Kier alpha value is -2.13. The van der Waals surface area contributed by atoms with Crippen LogP contribution >= 0.6 is 0 Å². The first-order chi connectivity index (χ1) is 14.0. The number of rotatable bonds is 16. The quantitative estimate of drug-likeness (QED) is 0.297. The van der Waals surface area contributed by atoms with E-state index in [9.17, 15) is 9.90 Å². The Labute approximate surface area is 178 Å². The molecule has 0 fully saturated rings. The number of carbonyl (C=O) groups excluding carboxylic acids is 1. The number of nitrogens with one attached hydrogen (secondary N) is 1. The third kappa shape index (κ3) is 23.8. The van der Waals surface area contributed by atoms with E-state index in [0.717, 1.165) is 44.9 Å².